The number of hydrogen-bond acceptors (Lipinski definition) is 7. The molecule has 1 heterocycles. The maximum atomic E-state index is 5.84. The standard InChI is InChI=1S/C13H23N5O2/c1-14-11-16-12(18-13(17-11)19-2)15-8-9-20-10-6-4-3-5-7-10/h10H,3-9H2,1-2H3,(H2,14,15,16,17,18). The van der Waals surface area contributed by atoms with E-state index in [-0.39, 0.29) is 0 Å². The second kappa shape index (κ2) is 7.84. The molecule has 0 saturated heterocycles. The lowest BCUT2D eigenvalue weighted by Gasteiger charge is -2.22. The molecule has 7 heteroatoms. The van der Waals surface area contributed by atoms with Crippen molar-refractivity contribution in [2.75, 3.05) is 37.9 Å². The molecule has 1 aromatic rings. The highest BCUT2D eigenvalue weighted by atomic mass is 16.5. The van der Waals surface area contributed by atoms with Crippen molar-refractivity contribution >= 4 is 11.9 Å². The summed E-state index contributed by atoms with van der Waals surface area (Å²) in [6.45, 7) is 1.33. The Bertz CT molecular complexity index is 387. The molecule has 1 aliphatic carbocycles. The van der Waals surface area contributed by atoms with Gasteiger partial charge in [-0.2, -0.15) is 15.0 Å². The number of ether oxygens (including phenoxy) is 2. The molecular formula is C13H23N5O2. The first-order valence-electron chi connectivity index (χ1n) is 7.15. The van der Waals surface area contributed by atoms with Crippen LogP contribution in [0, 0.1) is 0 Å². The molecule has 0 atom stereocenters. The number of anilines is 2. The van der Waals surface area contributed by atoms with Crippen LogP contribution in [0.1, 0.15) is 32.1 Å². The molecule has 0 radical (unpaired) electrons. The van der Waals surface area contributed by atoms with Gasteiger partial charge in [-0.25, -0.2) is 0 Å². The first-order valence-corrected chi connectivity index (χ1v) is 7.15. The maximum absolute atomic E-state index is 5.84. The van der Waals surface area contributed by atoms with Gasteiger partial charge in [-0.3, -0.25) is 0 Å². The van der Waals surface area contributed by atoms with Crippen LogP contribution < -0.4 is 15.4 Å². The number of hydrogen-bond donors (Lipinski definition) is 2. The Morgan fingerprint density at radius 3 is 2.55 bits per heavy atom. The summed E-state index contributed by atoms with van der Waals surface area (Å²) in [6.07, 6.45) is 6.71. The van der Waals surface area contributed by atoms with Crippen molar-refractivity contribution in [3.63, 3.8) is 0 Å². The highest BCUT2D eigenvalue weighted by Gasteiger charge is 2.13. The van der Waals surface area contributed by atoms with Crippen LogP contribution in [0.2, 0.25) is 0 Å². The van der Waals surface area contributed by atoms with Gasteiger partial charge in [-0.1, -0.05) is 19.3 Å². The molecule has 0 spiro atoms. The van der Waals surface area contributed by atoms with Crippen molar-refractivity contribution in [3.05, 3.63) is 0 Å². The van der Waals surface area contributed by atoms with Crippen LogP contribution >= 0.6 is 0 Å². The van der Waals surface area contributed by atoms with E-state index in [4.69, 9.17) is 9.47 Å². The van der Waals surface area contributed by atoms with E-state index in [2.05, 4.69) is 25.6 Å². The van der Waals surface area contributed by atoms with Crippen molar-refractivity contribution in [2.45, 2.75) is 38.2 Å². The predicted molar refractivity (Wildman–Crippen MR) is 77.2 cm³/mol. The van der Waals surface area contributed by atoms with Gasteiger partial charge in [0.2, 0.25) is 11.9 Å². The molecule has 2 N–H and O–H groups in total. The van der Waals surface area contributed by atoms with Gasteiger partial charge >= 0.3 is 6.01 Å². The lowest BCUT2D eigenvalue weighted by atomic mass is 9.98. The lowest BCUT2D eigenvalue weighted by Crippen LogP contribution is -2.21. The molecule has 1 fully saturated rings. The average Bonchev–Trinajstić information content (AvgIpc) is 2.52. The molecule has 2 rings (SSSR count). The molecule has 1 aliphatic rings. The second-order valence-corrected chi connectivity index (χ2v) is 4.78. The van der Waals surface area contributed by atoms with Crippen LogP contribution in [0.4, 0.5) is 11.9 Å². The van der Waals surface area contributed by atoms with Crippen molar-refractivity contribution in [1.29, 1.82) is 0 Å². The lowest BCUT2D eigenvalue weighted by molar-refractivity contribution is 0.0347. The third kappa shape index (κ3) is 4.48. The highest BCUT2D eigenvalue weighted by Crippen LogP contribution is 2.20. The molecule has 0 amide bonds. The number of methoxy groups -OCH3 is 1. The molecule has 7 nitrogen and oxygen atoms in total. The van der Waals surface area contributed by atoms with Crippen molar-refractivity contribution < 1.29 is 9.47 Å². The predicted octanol–water partition coefficient (Wildman–Crippen LogP) is 1.68. The molecule has 0 bridgehead atoms. The monoisotopic (exact) mass is 281 g/mol. The van der Waals surface area contributed by atoms with Crippen LogP contribution in [0.15, 0.2) is 0 Å². The summed E-state index contributed by atoms with van der Waals surface area (Å²) in [4.78, 5) is 12.4. The Kier molecular flexibility index (Phi) is 5.79. The Labute approximate surface area is 119 Å². The third-order valence-electron chi connectivity index (χ3n) is 3.31. The zero-order valence-corrected chi connectivity index (χ0v) is 12.2. The van der Waals surface area contributed by atoms with E-state index >= 15 is 0 Å². The summed E-state index contributed by atoms with van der Waals surface area (Å²) in [7, 11) is 3.29. The Hall–Kier alpha value is -1.63. The second-order valence-electron chi connectivity index (χ2n) is 4.78. The number of aromatic nitrogens is 3. The fourth-order valence-electron chi connectivity index (χ4n) is 2.26. The fourth-order valence-corrected chi connectivity index (χ4v) is 2.26. The minimum atomic E-state index is 0.292. The normalized spacial score (nSPS) is 15.9. The summed E-state index contributed by atoms with van der Waals surface area (Å²) >= 11 is 0. The molecule has 20 heavy (non-hydrogen) atoms. The molecule has 1 saturated carbocycles. The van der Waals surface area contributed by atoms with Crippen LogP contribution in [0.25, 0.3) is 0 Å². The van der Waals surface area contributed by atoms with Gasteiger partial charge in [-0.05, 0) is 12.8 Å². The van der Waals surface area contributed by atoms with E-state index in [1.54, 1.807) is 7.05 Å². The van der Waals surface area contributed by atoms with Crippen LogP contribution in [-0.4, -0.2) is 48.4 Å². The summed E-state index contributed by atoms with van der Waals surface area (Å²) in [5, 5.41) is 6.00. The summed E-state index contributed by atoms with van der Waals surface area (Å²) in [5.41, 5.74) is 0. The smallest absolute Gasteiger partial charge is 0.322 e. The number of rotatable bonds is 7. The molecule has 0 aromatic carbocycles. The van der Waals surface area contributed by atoms with E-state index in [0.717, 1.165) is 0 Å². The van der Waals surface area contributed by atoms with E-state index < -0.39 is 0 Å². The molecular weight excluding hydrogens is 258 g/mol. The van der Waals surface area contributed by atoms with Gasteiger partial charge < -0.3 is 20.1 Å². The van der Waals surface area contributed by atoms with Crippen LogP contribution in [-0.2, 0) is 4.74 Å². The van der Waals surface area contributed by atoms with Crippen molar-refractivity contribution in [2.24, 2.45) is 0 Å². The van der Waals surface area contributed by atoms with Crippen LogP contribution in [0.3, 0.4) is 0 Å². The Balaban J connectivity index is 1.75. The van der Waals surface area contributed by atoms with E-state index in [1.807, 2.05) is 0 Å². The number of nitrogens with zero attached hydrogens (tertiary/aromatic N) is 3. The van der Waals surface area contributed by atoms with E-state index in [1.165, 1.54) is 39.2 Å². The topological polar surface area (TPSA) is 81.2 Å². The third-order valence-corrected chi connectivity index (χ3v) is 3.31. The molecule has 112 valence electrons. The average molecular weight is 281 g/mol. The van der Waals surface area contributed by atoms with Crippen molar-refractivity contribution in [3.8, 4) is 6.01 Å². The zero-order chi connectivity index (χ0) is 14.2. The number of nitrogens with one attached hydrogen (secondary N) is 2. The molecule has 0 unspecified atom stereocenters. The SMILES string of the molecule is CNc1nc(NCCOC2CCCCC2)nc(OC)n1. The molecule has 0 aliphatic heterocycles. The van der Waals surface area contributed by atoms with Gasteiger partial charge in [-0.15, -0.1) is 0 Å². The zero-order valence-electron chi connectivity index (χ0n) is 12.2. The summed E-state index contributed by atoms with van der Waals surface area (Å²) in [5.74, 6) is 0.973. The maximum Gasteiger partial charge on any atom is 0.322 e. The van der Waals surface area contributed by atoms with Gasteiger partial charge in [0.25, 0.3) is 0 Å². The van der Waals surface area contributed by atoms with E-state index in [0.29, 0.717) is 37.2 Å². The van der Waals surface area contributed by atoms with Gasteiger partial charge in [0.1, 0.15) is 0 Å². The largest absolute Gasteiger partial charge is 0.467 e. The van der Waals surface area contributed by atoms with Gasteiger partial charge in [0.05, 0.1) is 19.8 Å². The minimum Gasteiger partial charge on any atom is -0.467 e. The first-order chi connectivity index (χ1) is 9.81. The Morgan fingerprint density at radius 1 is 1.10 bits per heavy atom. The van der Waals surface area contributed by atoms with Crippen molar-refractivity contribution in [1.82, 2.24) is 15.0 Å². The van der Waals surface area contributed by atoms with Gasteiger partial charge in [0.15, 0.2) is 0 Å². The minimum absolute atomic E-state index is 0.292. The fraction of sp³-hybridized carbons (Fsp3) is 0.769. The van der Waals surface area contributed by atoms with Crippen LogP contribution in [0.5, 0.6) is 6.01 Å². The summed E-state index contributed by atoms with van der Waals surface area (Å²) in [6, 6.07) is 0.292. The first kappa shape index (κ1) is 14.8. The molecule has 1 aromatic heterocycles. The van der Waals surface area contributed by atoms with E-state index in [9.17, 15) is 0 Å². The van der Waals surface area contributed by atoms with Gasteiger partial charge in [0, 0.05) is 13.6 Å². The quantitative estimate of drug-likeness (QED) is 0.736. The Morgan fingerprint density at radius 2 is 1.85 bits per heavy atom. The highest BCUT2D eigenvalue weighted by molar-refractivity contribution is 5.35. The summed E-state index contributed by atoms with van der Waals surface area (Å²) < 4.78 is 10.9.